The minimum absolute atomic E-state index is 0. The van der Waals surface area contributed by atoms with Crippen LogP contribution in [0, 0.1) is 31.3 Å². The average Bonchev–Trinajstić information content (AvgIpc) is 3.72. The normalized spacial score (nSPS) is 14.9. The first-order valence-electron chi connectivity index (χ1n) is 23.6. The second-order valence-corrected chi connectivity index (χ2v) is 24.4. The Morgan fingerprint density at radius 2 is 1.52 bits per heavy atom. The van der Waals surface area contributed by atoms with Gasteiger partial charge in [-0.3, -0.25) is 4.98 Å². The van der Waals surface area contributed by atoms with Gasteiger partial charge in [0.1, 0.15) is 0 Å². The van der Waals surface area contributed by atoms with Gasteiger partial charge in [-0.05, 0) is 81.2 Å². The number of aromatic nitrogens is 3. The Hall–Kier alpha value is -4.41. The van der Waals surface area contributed by atoms with Crippen LogP contribution in [0.3, 0.4) is 0 Å². The third kappa shape index (κ3) is 8.82. The van der Waals surface area contributed by atoms with E-state index >= 15 is 0 Å². The van der Waals surface area contributed by atoms with Crippen molar-refractivity contribution in [3.63, 3.8) is 0 Å². The molecule has 5 heteroatoms. The molecule has 5 aromatic carbocycles. The molecule has 2 aromatic heterocycles. The molecule has 3 nitrogen and oxygen atoms in total. The summed E-state index contributed by atoms with van der Waals surface area (Å²) in [6.45, 7) is 25.9. The van der Waals surface area contributed by atoms with E-state index in [-0.39, 0.29) is 25.5 Å². The van der Waals surface area contributed by atoms with Crippen molar-refractivity contribution in [2.24, 2.45) is 5.41 Å². The quantitative estimate of drug-likeness (QED) is 0.118. The van der Waals surface area contributed by atoms with Gasteiger partial charge in [0, 0.05) is 38.8 Å². The first kappa shape index (κ1) is 38.5. The first-order valence-corrected chi connectivity index (χ1v) is 24.6. The standard InChI is InChI=1S/C36H37N2.C19H26NSi.Ir/c1-21(2)26-12-11-13-27(22(3)4)34(26)38-32-15-10-9-14-31(32)37-35(38)25-19-24(6)33-29(20-25)28-17-16-23(5)18-30(28)36(33,7)8;1-19(2,3)13-16-12-17(15-10-8-7-9-11-15)20-14-18(16)21(4,5)6;/h9-18,20-22H,1-8H3;7-10,12,14H,13H2,1-6H3;/q2*-1;/i5D3;13D2;. The van der Waals surface area contributed by atoms with Crippen molar-refractivity contribution in [2.45, 2.75) is 119 Å². The van der Waals surface area contributed by atoms with Crippen LogP contribution < -0.4 is 5.19 Å². The molecule has 1 aliphatic rings. The second-order valence-electron chi connectivity index (χ2n) is 19.4. The topological polar surface area (TPSA) is 30.7 Å². The molecule has 2 heterocycles. The zero-order valence-corrected chi connectivity index (χ0v) is 41.0. The maximum atomic E-state index is 8.75. The van der Waals surface area contributed by atoms with Gasteiger partial charge in [-0.15, -0.1) is 64.7 Å². The van der Waals surface area contributed by atoms with Crippen molar-refractivity contribution in [1.82, 2.24) is 14.5 Å². The zero-order chi connectivity index (χ0) is 46.9. The van der Waals surface area contributed by atoms with Crippen molar-refractivity contribution in [2.75, 3.05) is 0 Å². The number of imidazole rings is 1. The SMILES string of the molecule is [2H]C([2H])([2H])c1ccc2c(c1)C(C)(C)c1c(C)[c-]c(-c3nc4ccccc4n3-c3c(C(C)C)cccc3C(C)C)cc1-2.[2H]C([2H])(c1cc(-c2[c-]cccc2)ncc1[Si](C)(C)C)C(C)(C)C.[Ir]. The number of pyridine rings is 1. The second kappa shape index (κ2) is 17.2. The Morgan fingerprint density at radius 1 is 0.833 bits per heavy atom. The van der Waals surface area contributed by atoms with E-state index in [0.717, 1.165) is 66.7 Å². The van der Waals surface area contributed by atoms with E-state index in [1.165, 1.54) is 22.4 Å². The van der Waals surface area contributed by atoms with E-state index in [2.05, 4.69) is 132 Å². The molecule has 0 saturated heterocycles. The van der Waals surface area contributed by atoms with Crippen LogP contribution in [-0.4, -0.2) is 22.6 Å². The monoisotopic (exact) mass is 991 g/mol. The molecule has 0 bridgehead atoms. The number of fused-ring (bicyclic) bond motifs is 4. The van der Waals surface area contributed by atoms with Crippen LogP contribution >= 0.6 is 0 Å². The summed E-state index contributed by atoms with van der Waals surface area (Å²) in [6, 6.07) is 39.4. The molecule has 0 fully saturated rings. The molecule has 0 atom stereocenters. The summed E-state index contributed by atoms with van der Waals surface area (Å²) < 4.78 is 43.8. The fourth-order valence-electron chi connectivity index (χ4n) is 8.75. The van der Waals surface area contributed by atoms with Gasteiger partial charge in [0.25, 0.3) is 0 Å². The molecule has 0 unspecified atom stereocenters. The van der Waals surface area contributed by atoms with Crippen molar-refractivity contribution in [3.05, 3.63) is 154 Å². The van der Waals surface area contributed by atoms with Crippen molar-refractivity contribution >= 4 is 24.3 Å². The molecule has 7 aromatic rings. The molecule has 0 saturated carbocycles. The summed E-state index contributed by atoms with van der Waals surface area (Å²) >= 11 is 0. The van der Waals surface area contributed by atoms with E-state index in [4.69, 9.17) is 11.8 Å². The van der Waals surface area contributed by atoms with Crippen LogP contribution in [0.15, 0.2) is 103 Å². The summed E-state index contributed by atoms with van der Waals surface area (Å²) in [4.78, 5) is 9.83. The number of hydrogen-bond donors (Lipinski definition) is 0. The largest absolute Gasteiger partial charge is 0.333 e. The maximum absolute atomic E-state index is 8.75. The Bertz CT molecular complexity index is 2840. The Balaban J connectivity index is 0.000000249. The third-order valence-corrected chi connectivity index (χ3v) is 13.5. The zero-order valence-electron chi connectivity index (χ0n) is 42.6. The fourth-order valence-corrected chi connectivity index (χ4v) is 10.1. The Morgan fingerprint density at radius 3 is 2.13 bits per heavy atom. The predicted molar refractivity (Wildman–Crippen MR) is 255 cm³/mol. The van der Waals surface area contributed by atoms with Crippen LogP contribution in [0.4, 0.5) is 0 Å². The van der Waals surface area contributed by atoms with Gasteiger partial charge in [0.15, 0.2) is 0 Å². The van der Waals surface area contributed by atoms with E-state index < -0.39 is 26.7 Å². The van der Waals surface area contributed by atoms with Crippen molar-refractivity contribution in [3.8, 4) is 39.5 Å². The fraction of sp³-hybridized carbons (Fsp3) is 0.345. The van der Waals surface area contributed by atoms with Crippen LogP contribution in [0.5, 0.6) is 0 Å². The van der Waals surface area contributed by atoms with Gasteiger partial charge in [-0.25, -0.2) is 0 Å². The van der Waals surface area contributed by atoms with Gasteiger partial charge in [0.2, 0.25) is 0 Å². The Kier molecular flexibility index (Phi) is 11.0. The Labute approximate surface area is 382 Å². The van der Waals surface area contributed by atoms with E-state index in [1.807, 2.05) is 75.5 Å². The number of rotatable bonds is 7. The molecule has 0 amide bonds. The minimum atomic E-state index is -2.14. The molecule has 0 aliphatic heterocycles. The molecule has 8 rings (SSSR count). The van der Waals surface area contributed by atoms with Crippen LogP contribution in [0.2, 0.25) is 19.6 Å². The summed E-state index contributed by atoms with van der Waals surface area (Å²) in [5, 5.41) is 1.09. The third-order valence-electron chi connectivity index (χ3n) is 11.4. The molecule has 0 spiro atoms. The summed E-state index contributed by atoms with van der Waals surface area (Å²) in [5.41, 5.74) is 14.3. The maximum Gasteiger partial charge on any atom is 0.0798 e. The molecule has 1 aliphatic carbocycles. The van der Waals surface area contributed by atoms with Crippen LogP contribution in [0.1, 0.15) is 120 Å². The average molecular weight is 991 g/mol. The number of aryl methyl sites for hydroxylation is 2. The van der Waals surface area contributed by atoms with Gasteiger partial charge < -0.3 is 9.55 Å². The molecular formula is C55H63IrN3Si-2. The number of nitrogens with zero attached hydrogens (tertiary/aromatic N) is 3. The molecule has 60 heavy (non-hydrogen) atoms. The predicted octanol–water partition coefficient (Wildman–Crippen LogP) is 14.3. The van der Waals surface area contributed by atoms with E-state index in [0.29, 0.717) is 17.4 Å². The van der Waals surface area contributed by atoms with Crippen molar-refractivity contribution < 1.29 is 27.0 Å². The molecular weight excluding hydrogens is 923 g/mol. The minimum Gasteiger partial charge on any atom is -0.333 e. The van der Waals surface area contributed by atoms with Crippen LogP contribution in [0.25, 0.3) is 50.5 Å². The molecule has 313 valence electrons. The van der Waals surface area contributed by atoms with Gasteiger partial charge in [0.05, 0.1) is 24.9 Å². The van der Waals surface area contributed by atoms with Gasteiger partial charge in [-0.2, -0.15) is 0 Å². The first-order chi connectivity index (χ1) is 29.7. The van der Waals surface area contributed by atoms with E-state index in [9.17, 15) is 0 Å². The molecule has 1 radical (unpaired) electrons. The summed E-state index contributed by atoms with van der Waals surface area (Å²) in [7, 11) is -1.70. The smallest absolute Gasteiger partial charge is 0.0798 e. The van der Waals surface area contributed by atoms with Gasteiger partial charge in [-0.1, -0.05) is 160 Å². The van der Waals surface area contributed by atoms with E-state index in [1.54, 1.807) is 6.07 Å². The van der Waals surface area contributed by atoms with Gasteiger partial charge >= 0.3 is 0 Å². The number of para-hydroxylation sites is 3. The van der Waals surface area contributed by atoms with Crippen LogP contribution in [-0.2, 0) is 31.9 Å². The molecule has 0 N–H and O–H groups in total. The number of benzene rings is 5. The van der Waals surface area contributed by atoms with Crippen molar-refractivity contribution in [1.29, 1.82) is 0 Å². The number of hydrogen-bond acceptors (Lipinski definition) is 2. The summed E-state index contributed by atoms with van der Waals surface area (Å²) in [6.07, 6.45) is 0.469. The summed E-state index contributed by atoms with van der Waals surface area (Å²) in [5.74, 6) is 1.55.